The first-order valence-corrected chi connectivity index (χ1v) is 11.4. The van der Waals surface area contributed by atoms with E-state index in [-0.39, 0.29) is 22.8 Å². The fourth-order valence-corrected chi connectivity index (χ4v) is 4.59. The second-order valence-electron chi connectivity index (χ2n) is 9.68. The third-order valence-electron chi connectivity index (χ3n) is 6.34. The van der Waals surface area contributed by atoms with Gasteiger partial charge in [0.05, 0.1) is 6.04 Å². The third kappa shape index (κ3) is 4.54. The summed E-state index contributed by atoms with van der Waals surface area (Å²) in [4.78, 5) is 40.1. The zero-order valence-electron chi connectivity index (χ0n) is 19.6. The average Bonchev–Trinajstić information content (AvgIpc) is 2.78. The molecule has 5 heteroatoms. The zero-order valence-corrected chi connectivity index (χ0v) is 19.6. The summed E-state index contributed by atoms with van der Waals surface area (Å²) < 4.78 is 1.56. The minimum Gasteiger partial charge on any atom is -0.345 e. The molecule has 1 heterocycles. The first kappa shape index (κ1) is 22.7. The van der Waals surface area contributed by atoms with E-state index in [0.29, 0.717) is 36.2 Å². The maximum absolute atomic E-state index is 13.7. The second-order valence-corrected chi connectivity index (χ2v) is 9.68. The minimum absolute atomic E-state index is 0.00300. The van der Waals surface area contributed by atoms with Crippen LogP contribution in [0.25, 0.3) is 5.69 Å². The Morgan fingerprint density at radius 3 is 2.33 bits per heavy atom. The molecule has 1 N–H and O–H groups in total. The first-order valence-electron chi connectivity index (χ1n) is 11.4. The molecule has 0 bridgehead atoms. The molecular formula is C28H30N2O3. The predicted octanol–water partition coefficient (Wildman–Crippen LogP) is 5.18. The van der Waals surface area contributed by atoms with Crippen LogP contribution in [0.1, 0.15) is 77.2 Å². The molecule has 0 saturated heterocycles. The van der Waals surface area contributed by atoms with Crippen LogP contribution in [-0.2, 0) is 6.42 Å². The number of carbonyl (C=O) groups excluding carboxylic acids is 2. The van der Waals surface area contributed by atoms with Crippen LogP contribution in [0.4, 0.5) is 0 Å². The number of hydrogen-bond donors (Lipinski definition) is 1. The maximum Gasteiger partial charge on any atom is 0.268 e. The first-order chi connectivity index (χ1) is 15.7. The van der Waals surface area contributed by atoms with Gasteiger partial charge in [-0.05, 0) is 48.9 Å². The highest BCUT2D eigenvalue weighted by molar-refractivity contribution is 6.02. The molecule has 1 aliphatic carbocycles. The molecule has 1 unspecified atom stereocenters. The predicted molar refractivity (Wildman–Crippen MR) is 130 cm³/mol. The highest BCUT2D eigenvalue weighted by Crippen LogP contribution is 2.35. The van der Waals surface area contributed by atoms with E-state index in [1.165, 1.54) is 6.07 Å². The number of pyridine rings is 1. The lowest BCUT2D eigenvalue weighted by Gasteiger charge is -2.32. The summed E-state index contributed by atoms with van der Waals surface area (Å²) >= 11 is 0. The molecule has 1 aromatic heterocycles. The number of hydrogen-bond acceptors (Lipinski definition) is 3. The maximum atomic E-state index is 13.7. The van der Waals surface area contributed by atoms with E-state index in [0.717, 1.165) is 11.1 Å². The molecule has 0 saturated carbocycles. The highest BCUT2D eigenvalue weighted by Gasteiger charge is 2.35. The van der Waals surface area contributed by atoms with Crippen molar-refractivity contribution in [2.45, 2.75) is 53.0 Å². The molecular weight excluding hydrogens is 412 g/mol. The second kappa shape index (κ2) is 8.81. The van der Waals surface area contributed by atoms with Crippen LogP contribution < -0.4 is 10.9 Å². The Bertz CT molecular complexity index is 1250. The molecule has 1 aliphatic rings. The molecule has 1 atom stereocenters. The van der Waals surface area contributed by atoms with Crippen molar-refractivity contribution in [2.75, 3.05) is 0 Å². The van der Waals surface area contributed by atoms with Gasteiger partial charge in [0.2, 0.25) is 0 Å². The molecule has 0 aliphatic heterocycles. The van der Waals surface area contributed by atoms with E-state index in [9.17, 15) is 14.4 Å². The van der Waals surface area contributed by atoms with Gasteiger partial charge in [0.1, 0.15) is 5.56 Å². The van der Waals surface area contributed by atoms with Crippen LogP contribution >= 0.6 is 0 Å². The van der Waals surface area contributed by atoms with Crippen LogP contribution in [0.15, 0.2) is 65.5 Å². The zero-order chi connectivity index (χ0) is 23.8. The van der Waals surface area contributed by atoms with Crippen LogP contribution in [-0.4, -0.2) is 16.3 Å². The summed E-state index contributed by atoms with van der Waals surface area (Å²) in [7, 11) is 0. The monoisotopic (exact) mass is 442 g/mol. The number of aromatic nitrogens is 1. The summed E-state index contributed by atoms with van der Waals surface area (Å²) in [5.74, 6) is -0.497. The lowest BCUT2D eigenvalue weighted by Crippen LogP contribution is -2.39. The summed E-state index contributed by atoms with van der Waals surface area (Å²) in [6, 6.07) is 18.6. The van der Waals surface area contributed by atoms with E-state index in [1.54, 1.807) is 4.57 Å². The number of rotatable bonds is 5. The lowest BCUT2D eigenvalue weighted by molar-refractivity contribution is 0.0908. The number of fused-ring (bicyclic) bond motifs is 1. The number of nitrogens with one attached hydrogen (secondary N) is 1. The van der Waals surface area contributed by atoms with Gasteiger partial charge in [0.25, 0.3) is 11.5 Å². The molecule has 3 aromatic rings. The number of Topliss-reactive ketones (excluding diaryl/α,β-unsaturated/α-hetero) is 1. The van der Waals surface area contributed by atoms with Gasteiger partial charge in [-0.15, -0.1) is 0 Å². The van der Waals surface area contributed by atoms with Crippen LogP contribution in [0, 0.1) is 12.3 Å². The summed E-state index contributed by atoms with van der Waals surface area (Å²) in [5.41, 5.74) is 3.19. The van der Waals surface area contributed by atoms with E-state index >= 15 is 0 Å². The van der Waals surface area contributed by atoms with Crippen molar-refractivity contribution in [2.24, 2.45) is 5.41 Å². The van der Waals surface area contributed by atoms with Gasteiger partial charge >= 0.3 is 0 Å². The molecule has 170 valence electrons. The van der Waals surface area contributed by atoms with Gasteiger partial charge in [-0.25, -0.2) is 0 Å². The minimum atomic E-state index is -0.461. The van der Waals surface area contributed by atoms with Gasteiger partial charge in [-0.1, -0.05) is 68.8 Å². The average molecular weight is 443 g/mol. The number of amides is 1. The molecule has 0 radical (unpaired) electrons. The Balaban J connectivity index is 1.84. The lowest BCUT2D eigenvalue weighted by atomic mass is 9.75. The van der Waals surface area contributed by atoms with Crippen LogP contribution in [0.5, 0.6) is 0 Å². The van der Waals surface area contributed by atoms with E-state index in [1.807, 2.05) is 82.3 Å². The molecule has 0 fully saturated rings. The standard InChI is InChI=1S/C28H30N2O3/c1-5-23(19-9-7-6-8-10-19)29-26(32)22-15-21-24(16-28(3,4)17-25(21)31)30(27(22)33)20-13-11-18(2)12-14-20/h6-15,23H,5,16-17H2,1-4H3,(H,29,32). The SMILES string of the molecule is CCC(NC(=O)c1cc2c(n(-c3ccc(C)cc3)c1=O)CC(C)(C)CC2=O)c1ccccc1. The van der Waals surface area contributed by atoms with Gasteiger partial charge in [-0.2, -0.15) is 0 Å². The third-order valence-corrected chi connectivity index (χ3v) is 6.34. The Morgan fingerprint density at radius 1 is 1.03 bits per heavy atom. The smallest absolute Gasteiger partial charge is 0.268 e. The fourth-order valence-electron chi connectivity index (χ4n) is 4.59. The van der Waals surface area contributed by atoms with Gasteiger partial charge in [0, 0.05) is 23.4 Å². The van der Waals surface area contributed by atoms with Gasteiger partial charge in [-0.3, -0.25) is 19.0 Å². The van der Waals surface area contributed by atoms with Crippen LogP contribution in [0.2, 0.25) is 0 Å². The van der Waals surface area contributed by atoms with Crippen molar-refractivity contribution in [3.8, 4) is 5.69 Å². The molecule has 33 heavy (non-hydrogen) atoms. The topological polar surface area (TPSA) is 68.2 Å². The Hall–Kier alpha value is -3.47. The Kier molecular flexibility index (Phi) is 6.07. The number of aryl methyl sites for hydroxylation is 1. The normalized spacial score (nSPS) is 15.6. The van der Waals surface area contributed by atoms with Gasteiger partial charge in [0.15, 0.2) is 5.78 Å². The van der Waals surface area contributed by atoms with Crippen LogP contribution in [0.3, 0.4) is 0 Å². The van der Waals surface area contributed by atoms with Crippen molar-refractivity contribution < 1.29 is 9.59 Å². The number of nitrogens with zero attached hydrogens (tertiary/aromatic N) is 1. The van der Waals surface area contributed by atoms with Crippen molar-refractivity contribution in [1.29, 1.82) is 0 Å². The van der Waals surface area contributed by atoms with Gasteiger partial charge < -0.3 is 5.32 Å². The molecule has 1 amide bonds. The molecule has 2 aromatic carbocycles. The molecule has 4 rings (SSSR count). The van der Waals surface area contributed by atoms with E-state index < -0.39 is 11.5 Å². The fraction of sp³-hybridized carbons (Fsp3) is 0.321. The quantitative estimate of drug-likeness (QED) is 0.592. The van der Waals surface area contributed by atoms with Crippen molar-refractivity contribution in [3.63, 3.8) is 0 Å². The van der Waals surface area contributed by atoms with E-state index in [2.05, 4.69) is 5.32 Å². The molecule has 0 spiro atoms. The summed E-state index contributed by atoms with van der Waals surface area (Å²) in [6.07, 6.45) is 1.65. The number of ketones is 1. The Labute approximate surface area is 194 Å². The summed E-state index contributed by atoms with van der Waals surface area (Å²) in [5, 5.41) is 3.00. The number of benzene rings is 2. The highest BCUT2D eigenvalue weighted by atomic mass is 16.2. The van der Waals surface area contributed by atoms with Crippen molar-refractivity contribution in [3.05, 3.63) is 99.0 Å². The number of carbonyl (C=O) groups is 2. The van der Waals surface area contributed by atoms with E-state index in [4.69, 9.17) is 0 Å². The molecule has 5 nitrogen and oxygen atoms in total. The van der Waals surface area contributed by atoms with Crippen molar-refractivity contribution in [1.82, 2.24) is 9.88 Å². The summed E-state index contributed by atoms with van der Waals surface area (Å²) in [6.45, 7) is 8.03. The Morgan fingerprint density at radius 2 is 1.70 bits per heavy atom. The van der Waals surface area contributed by atoms with Crippen molar-refractivity contribution >= 4 is 11.7 Å². The largest absolute Gasteiger partial charge is 0.345 e.